The molecule has 0 unspecified atom stereocenters. The number of nitrogens with one attached hydrogen (secondary N) is 3. The van der Waals surface area contributed by atoms with Gasteiger partial charge < -0.3 is 39.6 Å². The smallest absolute Gasteiger partial charge is 0.303 e. The Labute approximate surface area is 225 Å². The first kappa shape index (κ1) is 33.1. The van der Waals surface area contributed by atoms with Gasteiger partial charge in [-0.1, -0.05) is 0 Å². The van der Waals surface area contributed by atoms with Crippen molar-refractivity contribution >= 4 is 47.4 Å². The van der Waals surface area contributed by atoms with E-state index in [1.54, 1.807) is 0 Å². The van der Waals surface area contributed by atoms with E-state index >= 15 is 0 Å². The van der Waals surface area contributed by atoms with E-state index in [-0.39, 0.29) is 31.6 Å². The Bertz CT molecular complexity index is 856. The Morgan fingerprint density at radius 2 is 1.53 bits per heavy atom. The summed E-state index contributed by atoms with van der Waals surface area (Å²) in [5, 5.41) is 7.66. The second-order valence-corrected chi connectivity index (χ2v) is 9.59. The fourth-order valence-electron chi connectivity index (χ4n) is 3.60. The van der Waals surface area contributed by atoms with Crippen LogP contribution < -0.4 is 16.0 Å². The topological polar surface area (TPSA) is 185 Å². The SMILES string of the molecule is CNC(=O)[C@H](COCCCS[C@H]1O[C@H](COC(C)=O)[C@H](OC(C)=O)[C@H](OC(C)=O)[C@H]1NC(C)=O)NC(C)=O. The summed E-state index contributed by atoms with van der Waals surface area (Å²) >= 11 is 1.28. The van der Waals surface area contributed by atoms with Crippen LogP contribution in [0.2, 0.25) is 0 Å². The van der Waals surface area contributed by atoms with Gasteiger partial charge in [0.2, 0.25) is 17.7 Å². The van der Waals surface area contributed by atoms with Gasteiger partial charge in [-0.15, -0.1) is 11.8 Å². The first-order chi connectivity index (χ1) is 17.8. The molecular weight excluding hydrogens is 526 g/mol. The van der Waals surface area contributed by atoms with Crippen molar-refractivity contribution in [2.75, 3.05) is 32.6 Å². The van der Waals surface area contributed by atoms with Gasteiger partial charge >= 0.3 is 17.9 Å². The van der Waals surface area contributed by atoms with Gasteiger partial charge in [0, 0.05) is 48.3 Å². The maximum absolute atomic E-state index is 12.0. The molecule has 3 N–H and O–H groups in total. The van der Waals surface area contributed by atoms with Crippen LogP contribution >= 0.6 is 11.8 Å². The molecule has 3 amide bonds. The molecule has 38 heavy (non-hydrogen) atoms. The molecule has 0 aromatic rings. The van der Waals surface area contributed by atoms with E-state index < -0.39 is 59.6 Å². The quantitative estimate of drug-likeness (QED) is 0.134. The molecule has 1 saturated heterocycles. The van der Waals surface area contributed by atoms with E-state index in [4.69, 9.17) is 23.7 Å². The minimum Gasteiger partial charge on any atom is -0.463 e. The second-order valence-electron chi connectivity index (χ2n) is 8.39. The predicted octanol–water partition coefficient (Wildman–Crippen LogP) is -0.967. The molecule has 0 aromatic heterocycles. The van der Waals surface area contributed by atoms with E-state index in [9.17, 15) is 28.8 Å². The zero-order valence-electron chi connectivity index (χ0n) is 22.4. The van der Waals surface area contributed by atoms with E-state index in [1.165, 1.54) is 53.4 Å². The molecular formula is C23H37N3O11S. The lowest BCUT2D eigenvalue weighted by molar-refractivity contribution is -0.211. The van der Waals surface area contributed by atoms with Crippen LogP contribution in [0.5, 0.6) is 0 Å². The first-order valence-electron chi connectivity index (χ1n) is 11.9. The highest BCUT2D eigenvalue weighted by atomic mass is 32.2. The number of hydrogen-bond donors (Lipinski definition) is 3. The Kier molecular flexibility index (Phi) is 14.7. The summed E-state index contributed by atoms with van der Waals surface area (Å²) in [5.74, 6) is -2.66. The van der Waals surface area contributed by atoms with Gasteiger partial charge in [0.1, 0.15) is 30.2 Å². The third-order valence-electron chi connectivity index (χ3n) is 5.01. The maximum atomic E-state index is 12.0. The van der Waals surface area contributed by atoms with E-state index in [2.05, 4.69) is 16.0 Å². The van der Waals surface area contributed by atoms with Crippen molar-refractivity contribution in [3.8, 4) is 0 Å². The zero-order chi connectivity index (χ0) is 28.8. The minimum atomic E-state index is -1.15. The molecule has 0 bridgehead atoms. The molecule has 0 spiro atoms. The van der Waals surface area contributed by atoms with Crippen molar-refractivity contribution in [1.82, 2.24) is 16.0 Å². The minimum absolute atomic E-state index is 0.0264. The third kappa shape index (κ3) is 12.1. The van der Waals surface area contributed by atoms with Crippen molar-refractivity contribution in [1.29, 1.82) is 0 Å². The third-order valence-corrected chi connectivity index (χ3v) is 6.27. The standard InChI is InChI=1S/C23H37N3O11S/c1-12(27)25-17(22(32)24-6)10-33-8-7-9-38-23-19(26-13(2)28)21(36-16(5)31)20(35-15(4)30)18(37-23)11-34-14(3)29/h17-21,23H,7-11H2,1-6H3,(H,24,32)(H,25,27)(H,26,28)/t17-,18+,19+,20-,21+,23+/m0/s1. The molecule has 0 aromatic carbocycles. The average molecular weight is 564 g/mol. The van der Waals surface area contributed by atoms with Crippen LogP contribution in [0, 0.1) is 0 Å². The van der Waals surface area contributed by atoms with Gasteiger partial charge in [-0.25, -0.2) is 0 Å². The number of amides is 3. The number of ether oxygens (including phenoxy) is 5. The lowest BCUT2D eigenvalue weighted by Crippen LogP contribution is -2.65. The van der Waals surface area contributed by atoms with Crippen LogP contribution in [-0.4, -0.2) is 104 Å². The monoisotopic (exact) mass is 563 g/mol. The Hall–Kier alpha value is -2.91. The molecule has 0 aliphatic carbocycles. The summed E-state index contributed by atoms with van der Waals surface area (Å²) < 4.78 is 27.5. The molecule has 1 fully saturated rings. The molecule has 1 aliphatic rings. The fraction of sp³-hybridized carbons (Fsp3) is 0.739. The maximum Gasteiger partial charge on any atom is 0.303 e. The van der Waals surface area contributed by atoms with Gasteiger partial charge in [0.15, 0.2) is 12.2 Å². The van der Waals surface area contributed by atoms with Crippen LogP contribution in [0.1, 0.15) is 41.0 Å². The number of hydrogen-bond acceptors (Lipinski definition) is 12. The molecule has 0 saturated carbocycles. The summed E-state index contributed by atoms with van der Waals surface area (Å²) in [6.07, 6.45) is -2.74. The van der Waals surface area contributed by atoms with Gasteiger partial charge in [-0.2, -0.15) is 0 Å². The van der Waals surface area contributed by atoms with Gasteiger partial charge in [-0.3, -0.25) is 28.8 Å². The number of rotatable bonds is 14. The highest BCUT2D eigenvalue weighted by Crippen LogP contribution is 2.32. The summed E-state index contributed by atoms with van der Waals surface area (Å²) in [6.45, 7) is 6.08. The summed E-state index contributed by atoms with van der Waals surface area (Å²) in [6, 6.07) is -1.72. The van der Waals surface area contributed by atoms with Crippen LogP contribution in [-0.2, 0) is 52.5 Å². The van der Waals surface area contributed by atoms with E-state index in [1.807, 2.05) is 0 Å². The normalized spacial score (nSPS) is 23.4. The molecule has 1 aliphatic heterocycles. The molecule has 1 rings (SSSR count). The van der Waals surface area contributed by atoms with E-state index in [0.29, 0.717) is 12.2 Å². The lowest BCUT2D eigenvalue weighted by Gasteiger charge is -2.45. The second kappa shape index (κ2) is 16.8. The molecule has 6 atom stereocenters. The Balaban J connectivity index is 2.93. The molecule has 15 heteroatoms. The zero-order valence-corrected chi connectivity index (χ0v) is 23.2. The van der Waals surface area contributed by atoms with Gasteiger partial charge in [0.25, 0.3) is 0 Å². The number of carbonyl (C=O) groups is 6. The molecule has 0 radical (unpaired) electrons. The van der Waals surface area contributed by atoms with Crippen LogP contribution in [0.15, 0.2) is 0 Å². The van der Waals surface area contributed by atoms with Crippen LogP contribution in [0.4, 0.5) is 0 Å². The highest BCUT2D eigenvalue weighted by Gasteiger charge is 2.50. The van der Waals surface area contributed by atoms with Crippen molar-refractivity contribution in [2.24, 2.45) is 0 Å². The summed E-state index contributed by atoms with van der Waals surface area (Å²) in [7, 11) is 1.45. The Morgan fingerprint density at radius 1 is 0.895 bits per heavy atom. The Morgan fingerprint density at radius 3 is 2.05 bits per heavy atom. The molecule has 216 valence electrons. The van der Waals surface area contributed by atoms with Crippen molar-refractivity contribution in [3.05, 3.63) is 0 Å². The summed E-state index contributed by atoms with van der Waals surface area (Å²) in [5.41, 5.74) is -0.770. The van der Waals surface area contributed by atoms with Gasteiger partial charge in [0.05, 0.1) is 6.61 Å². The number of esters is 3. The molecule has 1 heterocycles. The summed E-state index contributed by atoms with van der Waals surface area (Å²) in [4.78, 5) is 70.2. The largest absolute Gasteiger partial charge is 0.463 e. The number of likely N-dealkylation sites (N-methyl/N-ethyl adjacent to an activating group) is 1. The van der Waals surface area contributed by atoms with Crippen LogP contribution in [0.3, 0.4) is 0 Å². The predicted molar refractivity (Wildman–Crippen MR) is 134 cm³/mol. The lowest BCUT2D eigenvalue weighted by atomic mass is 9.97. The van der Waals surface area contributed by atoms with Crippen LogP contribution in [0.25, 0.3) is 0 Å². The number of carbonyl (C=O) groups excluding carboxylic acids is 6. The van der Waals surface area contributed by atoms with Crippen molar-refractivity contribution < 1.29 is 52.5 Å². The highest BCUT2D eigenvalue weighted by molar-refractivity contribution is 7.99. The van der Waals surface area contributed by atoms with Gasteiger partial charge in [-0.05, 0) is 12.2 Å². The fourth-order valence-corrected chi connectivity index (χ4v) is 4.77. The van der Waals surface area contributed by atoms with Crippen molar-refractivity contribution in [3.63, 3.8) is 0 Å². The first-order valence-corrected chi connectivity index (χ1v) is 13.0. The average Bonchev–Trinajstić information content (AvgIpc) is 2.80. The molecule has 14 nitrogen and oxygen atoms in total. The van der Waals surface area contributed by atoms with E-state index in [0.717, 1.165) is 0 Å². The number of thioether (sulfide) groups is 1. The van der Waals surface area contributed by atoms with Crippen molar-refractivity contribution in [2.45, 2.75) is 76.9 Å².